The van der Waals surface area contributed by atoms with Crippen molar-refractivity contribution in [2.75, 3.05) is 20.2 Å². The molecule has 1 aliphatic heterocycles. The van der Waals surface area contributed by atoms with Gasteiger partial charge in [-0.05, 0) is 25.0 Å². The predicted octanol–water partition coefficient (Wildman–Crippen LogP) is 2.67. The second-order valence-corrected chi connectivity index (χ2v) is 8.86. The van der Waals surface area contributed by atoms with E-state index < -0.39 is 10.0 Å². The van der Waals surface area contributed by atoms with Crippen LogP contribution in [-0.2, 0) is 16.6 Å². The Bertz CT molecular complexity index is 1130. The molecule has 0 aliphatic carbocycles. The molecule has 0 bridgehead atoms. The molecule has 0 radical (unpaired) electrons. The van der Waals surface area contributed by atoms with E-state index in [1.807, 2.05) is 30.3 Å². The van der Waals surface area contributed by atoms with Crippen LogP contribution in [0.5, 0.6) is 5.75 Å². The average Bonchev–Trinajstić information content (AvgIpc) is 3.43. The molecule has 1 fully saturated rings. The normalized spacial score (nSPS) is 15.6. The minimum atomic E-state index is -3.56. The molecule has 158 valence electrons. The third-order valence-corrected chi connectivity index (χ3v) is 6.67. The van der Waals surface area contributed by atoms with E-state index in [0.717, 1.165) is 30.6 Å². The van der Waals surface area contributed by atoms with Gasteiger partial charge >= 0.3 is 0 Å². The number of para-hydroxylation sites is 1. The van der Waals surface area contributed by atoms with Gasteiger partial charge in [0.1, 0.15) is 5.75 Å². The molecule has 30 heavy (non-hydrogen) atoms. The zero-order chi connectivity index (χ0) is 21.0. The number of nitrogens with zero attached hydrogens (tertiary/aromatic N) is 5. The predicted molar refractivity (Wildman–Crippen MR) is 110 cm³/mol. The van der Waals surface area contributed by atoms with Crippen molar-refractivity contribution in [1.29, 1.82) is 0 Å². The van der Waals surface area contributed by atoms with Crippen LogP contribution in [0.15, 0.2) is 46.3 Å². The molecule has 9 nitrogen and oxygen atoms in total. The summed E-state index contributed by atoms with van der Waals surface area (Å²) in [4.78, 5) is 8.40. The molecule has 0 saturated carbocycles. The van der Waals surface area contributed by atoms with Crippen molar-refractivity contribution in [2.24, 2.45) is 0 Å². The summed E-state index contributed by atoms with van der Waals surface area (Å²) in [5, 5.41) is 4.00. The van der Waals surface area contributed by atoms with Crippen LogP contribution in [0.25, 0.3) is 12.2 Å². The first kappa shape index (κ1) is 20.3. The van der Waals surface area contributed by atoms with Gasteiger partial charge in [-0.15, -0.1) is 0 Å². The maximum absolute atomic E-state index is 12.7. The van der Waals surface area contributed by atoms with Gasteiger partial charge in [-0.1, -0.05) is 29.8 Å². The summed E-state index contributed by atoms with van der Waals surface area (Å²) in [6.45, 7) is 1.35. The van der Waals surface area contributed by atoms with E-state index in [0.29, 0.717) is 24.8 Å². The SMILES string of the molecule is COc1ccccc1C=Cc1nc(Cn2cnc(S(=O)(=O)N3CCCCC3)c2)no1. The molecule has 0 atom stereocenters. The van der Waals surface area contributed by atoms with Gasteiger partial charge in [-0.3, -0.25) is 0 Å². The van der Waals surface area contributed by atoms with Gasteiger partial charge in [0.25, 0.3) is 15.9 Å². The fraction of sp³-hybridized carbons (Fsp3) is 0.350. The largest absolute Gasteiger partial charge is 0.496 e. The zero-order valence-electron chi connectivity index (χ0n) is 16.6. The smallest absolute Gasteiger partial charge is 0.262 e. The zero-order valence-corrected chi connectivity index (χ0v) is 17.5. The second-order valence-electron chi connectivity index (χ2n) is 6.97. The molecule has 10 heteroatoms. The summed E-state index contributed by atoms with van der Waals surface area (Å²) in [7, 11) is -1.95. The molecule has 1 saturated heterocycles. The number of sulfonamides is 1. The van der Waals surface area contributed by atoms with Crippen LogP contribution in [0, 0.1) is 0 Å². The molecular weight excluding hydrogens is 406 g/mol. The van der Waals surface area contributed by atoms with E-state index in [2.05, 4.69) is 15.1 Å². The van der Waals surface area contributed by atoms with Crippen molar-refractivity contribution in [3.8, 4) is 5.75 Å². The summed E-state index contributed by atoms with van der Waals surface area (Å²) < 4.78 is 39.1. The minimum Gasteiger partial charge on any atom is -0.496 e. The Morgan fingerprint density at radius 2 is 1.97 bits per heavy atom. The molecule has 0 N–H and O–H groups in total. The number of hydrogen-bond donors (Lipinski definition) is 0. The van der Waals surface area contributed by atoms with Gasteiger partial charge < -0.3 is 13.8 Å². The second kappa shape index (κ2) is 8.80. The lowest BCUT2D eigenvalue weighted by atomic mass is 10.2. The van der Waals surface area contributed by atoms with Gasteiger partial charge in [0.2, 0.25) is 0 Å². The first-order valence-corrected chi connectivity index (χ1v) is 11.2. The van der Waals surface area contributed by atoms with Gasteiger partial charge in [0.05, 0.1) is 20.0 Å². The highest BCUT2D eigenvalue weighted by atomic mass is 32.2. The molecule has 3 aromatic rings. The van der Waals surface area contributed by atoms with E-state index >= 15 is 0 Å². The average molecular weight is 430 g/mol. The van der Waals surface area contributed by atoms with Crippen molar-refractivity contribution in [3.05, 3.63) is 54.1 Å². The number of piperidine rings is 1. The standard InChI is InChI=1S/C20H23N5O4S/c1-28-17-8-4-3-7-16(17)9-10-19-22-18(23-29-19)13-24-14-20(21-15-24)30(26,27)25-11-5-2-6-12-25/h3-4,7-10,14-15H,2,5-6,11-13H2,1H3. The maximum atomic E-state index is 12.7. The number of benzene rings is 1. The topological polar surface area (TPSA) is 103 Å². The summed E-state index contributed by atoms with van der Waals surface area (Å²) in [5.74, 6) is 1.51. The Balaban J connectivity index is 1.44. The molecule has 1 aliphatic rings. The van der Waals surface area contributed by atoms with Crippen LogP contribution in [0.4, 0.5) is 0 Å². The molecule has 0 spiro atoms. The Morgan fingerprint density at radius 3 is 2.77 bits per heavy atom. The quantitative estimate of drug-likeness (QED) is 0.569. The third-order valence-electron chi connectivity index (χ3n) is 4.88. The van der Waals surface area contributed by atoms with Gasteiger partial charge in [0.15, 0.2) is 10.9 Å². The molecule has 2 aromatic heterocycles. The van der Waals surface area contributed by atoms with Crippen molar-refractivity contribution >= 4 is 22.2 Å². The summed E-state index contributed by atoms with van der Waals surface area (Å²) in [5.41, 5.74) is 0.891. The van der Waals surface area contributed by atoms with Crippen molar-refractivity contribution in [1.82, 2.24) is 24.0 Å². The summed E-state index contributed by atoms with van der Waals surface area (Å²) in [6.07, 6.45) is 9.33. The Kier molecular flexibility index (Phi) is 5.96. The fourth-order valence-electron chi connectivity index (χ4n) is 3.32. The van der Waals surface area contributed by atoms with Crippen LogP contribution in [0.1, 0.15) is 36.5 Å². The lowest BCUT2D eigenvalue weighted by Crippen LogP contribution is -2.35. The highest BCUT2D eigenvalue weighted by molar-refractivity contribution is 7.89. The van der Waals surface area contributed by atoms with Crippen molar-refractivity contribution in [3.63, 3.8) is 0 Å². The van der Waals surface area contributed by atoms with Crippen LogP contribution >= 0.6 is 0 Å². The molecule has 0 amide bonds. The Labute approximate surface area is 175 Å². The highest BCUT2D eigenvalue weighted by Crippen LogP contribution is 2.21. The number of aromatic nitrogens is 4. The fourth-order valence-corrected chi connectivity index (χ4v) is 4.78. The van der Waals surface area contributed by atoms with E-state index in [1.54, 1.807) is 17.8 Å². The van der Waals surface area contributed by atoms with Crippen LogP contribution in [0.2, 0.25) is 0 Å². The summed E-state index contributed by atoms with van der Waals surface area (Å²) >= 11 is 0. The Morgan fingerprint density at radius 1 is 1.17 bits per heavy atom. The van der Waals surface area contributed by atoms with Gasteiger partial charge in [-0.25, -0.2) is 13.4 Å². The summed E-state index contributed by atoms with van der Waals surface area (Å²) in [6, 6.07) is 7.59. The van der Waals surface area contributed by atoms with Crippen LogP contribution in [0.3, 0.4) is 0 Å². The number of imidazole rings is 1. The monoisotopic (exact) mass is 429 g/mol. The lowest BCUT2D eigenvalue weighted by molar-refractivity contribution is 0.345. The lowest BCUT2D eigenvalue weighted by Gasteiger charge is -2.24. The minimum absolute atomic E-state index is 0.0455. The molecular formula is C20H23N5O4S. The first-order valence-electron chi connectivity index (χ1n) is 9.72. The van der Waals surface area contributed by atoms with E-state index in [1.165, 1.54) is 16.8 Å². The van der Waals surface area contributed by atoms with Crippen molar-refractivity contribution in [2.45, 2.75) is 30.8 Å². The molecule has 4 rings (SSSR count). The van der Waals surface area contributed by atoms with E-state index in [-0.39, 0.29) is 11.6 Å². The molecule has 1 aromatic carbocycles. The highest BCUT2D eigenvalue weighted by Gasteiger charge is 2.28. The molecule has 0 unspecified atom stereocenters. The number of methoxy groups -OCH3 is 1. The maximum Gasteiger partial charge on any atom is 0.262 e. The number of rotatable bonds is 7. The number of ether oxygens (including phenoxy) is 1. The van der Waals surface area contributed by atoms with Crippen LogP contribution < -0.4 is 4.74 Å². The first-order chi connectivity index (χ1) is 14.6. The molecule has 3 heterocycles. The van der Waals surface area contributed by atoms with E-state index in [4.69, 9.17) is 9.26 Å². The van der Waals surface area contributed by atoms with E-state index in [9.17, 15) is 8.42 Å². The van der Waals surface area contributed by atoms with Gasteiger partial charge in [0, 0.05) is 30.9 Å². The number of hydrogen-bond acceptors (Lipinski definition) is 7. The third kappa shape index (κ3) is 4.44. The Hall–Kier alpha value is -2.98. The van der Waals surface area contributed by atoms with Crippen molar-refractivity contribution < 1.29 is 17.7 Å². The van der Waals surface area contributed by atoms with Crippen LogP contribution in [-0.4, -0.2) is 52.6 Å². The van der Waals surface area contributed by atoms with Gasteiger partial charge in [-0.2, -0.15) is 9.29 Å².